The highest BCUT2D eigenvalue weighted by Crippen LogP contribution is 2.20. The van der Waals surface area contributed by atoms with E-state index < -0.39 is 5.97 Å². The summed E-state index contributed by atoms with van der Waals surface area (Å²) in [6, 6.07) is 7.86. The fourth-order valence-electron chi connectivity index (χ4n) is 2.10. The fraction of sp³-hybridized carbons (Fsp3) is 0.250. The quantitative estimate of drug-likeness (QED) is 0.877. The predicted molar refractivity (Wildman–Crippen MR) is 78.7 cm³/mol. The molecule has 0 saturated carbocycles. The lowest BCUT2D eigenvalue weighted by atomic mass is 10.1. The van der Waals surface area contributed by atoms with Crippen molar-refractivity contribution in [3.05, 3.63) is 53.0 Å². The Hall–Kier alpha value is -2.76. The second-order valence-corrected chi connectivity index (χ2v) is 4.85. The van der Waals surface area contributed by atoms with Crippen LogP contribution in [0.25, 0.3) is 0 Å². The Morgan fingerprint density at radius 2 is 1.95 bits per heavy atom. The number of para-hydroxylation sites is 1. The average molecular weight is 303 g/mol. The molecule has 0 bridgehead atoms. The van der Waals surface area contributed by atoms with Gasteiger partial charge in [0.25, 0.3) is 5.91 Å². The van der Waals surface area contributed by atoms with Gasteiger partial charge in [0.05, 0.1) is 19.2 Å². The van der Waals surface area contributed by atoms with Crippen molar-refractivity contribution in [3.63, 3.8) is 0 Å². The molecular formula is C16H17NO5. The highest BCUT2D eigenvalue weighted by molar-refractivity contribution is 5.96. The molecular weight excluding hydrogens is 286 g/mol. The van der Waals surface area contributed by atoms with Crippen molar-refractivity contribution in [1.29, 1.82) is 0 Å². The Morgan fingerprint density at radius 1 is 1.27 bits per heavy atom. The number of hydrogen-bond donors (Lipinski definition) is 1. The minimum absolute atomic E-state index is 0.0785. The van der Waals surface area contributed by atoms with Gasteiger partial charge in [-0.05, 0) is 25.1 Å². The van der Waals surface area contributed by atoms with Crippen LogP contribution in [0.1, 0.15) is 32.2 Å². The molecule has 0 aliphatic rings. The third-order valence-electron chi connectivity index (χ3n) is 3.25. The van der Waals surface area contributed by atoms with Crippen molar-refractivity contribution in [3.8, 4) is 5.75 Å². The summed E-state index contributed by atoms with van der Waals surface area (Å²) in [4.78, 5) is 25.2. The first kappa shape index (κ1) is 15.6. The number of hydrogen-bond acceptors (Lipinski definition) is 5. The first-order valence-electron chi connectivity index (χ1n) is 6.65. The van der Waals surface area contributed by atoms with Gasteiger partial charge in [-0.25, -0.2) is 4.79 Å². The Balaban J connectivity index is 2.15. The maximum Gasteiger partial charge on any atom is 0.341 e. The first-order valence-corrected chi connectivity index (χ1v) is 6.65. The van der Waals surface area contributed by atoms with Crippen molar-refractivity contribution in [1.82, 2.24) is 4.90 Å². The molecule has 0 atom stereocenters. The number of ether oxygens (including phenoxy) is 1. The summed E-state index contributed by atoms with van der Waals surface area (Å²) in [7, 11) is 2.88. The molecule has 1 aromatic heterocycles. The number of esters is 1. The molecule has 1 N–H and O–H groups in total. The van der Waals surface area contributed by atoms with E-state index in [-0.39, 0.29) is 23.8 Å². The number of nitrogens with zero attached hydrogens (tertiary/aromatic N) is 1. The van der Waals surface area contributed by atoms with Gasteiger partial charge in [0.2, 0.25) is 0 Å². The van der Waals surface area contributed by atoms with Crippen LogP contribution in [0.5, 0.6) is 5.75 Å². The van der Waals surface area contributed by atoms with Crippen LogP contribution < -0.4 is 0 Å². The zero-order valence-electron chi connectivity index (χ0n) is 12.6. The molecule has 1 heterocycles. The number of methoxy groups -OCH3 is 1. The van der Waals surface area contributed by atoms with E-state index in [9.17, 15) is 14.7 Å². The number of aromatic hydroxyl groups is 1. The van der Waals surface area contributed by atoms with Crippen molar-refractivity contribution in [2.24, 2.45) is 0 Å². The number of benzene rings is 1. The Bertz CT molecular complexity index is 704. The summed E-state index contributed by atoms with van der Waals surface area (Å²) < 4.78 is 10.1. The van der Waals surface area contributed by atoms with Crippen LogP contribution in [0.4, 0.5) is 0 Å². The van der Waals surface area contributed by atoms with Gasteiger partial charge in [0.1, 0.15) is 22.8 Å². The molecule has 1 aromatic carbocycles. The van der Waals surface area contributed by atoms with E-state index in [2.05, 4.69) is 4.74 Å². The van der Waals surface area contributed by atoms with E-state index in [1.54, 1.807) is 38.2 Å². The number of furan rings is 1. The maximum atomic E-state index is 12.3. The number of aryl methyl sites for hydroxylation is 1. The monoisotopic (exact) mass is 303 g/mol. The van der Waals surface area contributed by atoms with Gasteiger partial charge in [-0.1, -0.05) is 12.1 Å². The Kier molecular flexibility index (Phi) is 4.50. The number of carbonyl (C=O) groups excluding carboxylic acids is 2. The maximum absolute atomic E-state index is 12.3. The highest BCUT2D eigenvalue weighted by atomic mass is 16.5. The van der Waals surface area contributed by atoms with Crippen molar-refractivity contribution < 1.29 is 23.8 Å². The van der Waals surface area contributed by atoms with E-state index in [0.717, 1.165) is 0 Å². The largest absolute Gasteiger partial charge is 0.507 e. The molecule has 22 heavy (non-hydrogen) atoms. The van der Waals surface area contributed by atoms with E-state index >= 15 is 0 Å². The molecule has 2 rings (SSSR count). The van der Waals surface area contributed by atoms with Crippen LogP contribution >= 0.6 is 0 Å². The number of amides is 1. The van der Waals surface area contributed by atoms with Gasteiger partial charge >= 0.3 is 5.97 Å². The average Bonchev–Trinajstić information content (AvgIpc) is 2.86. The lowest BCUT2D eigenvalue weighted by molar-refractivity contribution is 0.0598. The number of phenols is 1. The number of rotatable bonds is 4. The van der Waals surface area contributed by atoms with Crippen LogP contribution in [0.15, 0.2) is 34.7 Å². The minimum Gasteiger partial charge on any atom is -0.507 e. The Morgan fingerprint density at radius 3 is 2.59 bits per heavy atom. The predicted octanol–water partition coefficient (Wildman–Crippen LogP) is 2.35. The lowest BCUT2D eigenvalue weighted by Gasteiger charge is -2.16. The van der Waals surface area contributed by atoms with Gasteiger partial charge in [-0.15, -0.1) is 0 Å². The second kappa shape index (κ2) is 6.34. The van der Waals surface area contributed by atoms with Gasteiger partial charge in [0, 0.05) is 7.05 Å². The lowest BCUT2D eigenvalue weighted by Crippen LogP contribution is -2.26. The summed E-state index contributed by atoms with van der Waals surface area (Å²) >= 11 is 0. The zero-order chi connectivity index (χ0) is 16.3. The molecule has 0 radical (unpaired) electrons. The summed E-state index contributed by atoms with van der Waals surface area (Å²) in [5.41, 5.74) is 0.544. The molecule has 0 spiro atoms. The van der Waals surface area contributed by atoms with Gasteiger partial charge in [0.15, 0.2) is 0 Å². The highest BCUT2D eigenvalue weighted by Gasteiger charge is 2.19. The number of carbonyl (C=O) groups is 2. The van der Waals surface area contributed by atoms with E-state index in [1.165, 1.54) is 18.1 Å². The fourth-order valence-corrected chi connectivity index (χ4v) is 2.10. The number of phenolic OH excluding ortho intramolecular Hbond substituents is 1. The van der Waals surface area contributed by atoms with Crippen molar-refractivity contribution >= 4 is 11.9 Å². The third kappa shape index (κ3) is 3.11. The molecule has 0 saturated heterocycles. The molecule has 6 nitrogen and oxygen atoms in total. The molecule has 6 heteroatoms. The summed E-state index contributed by atoms with van der Waals surface area (Å²) in [6.07, 6.45) is 0. The Labute approximate surface area is 127 Å². The normalized spacial score (nSPS) is 10.3. The van der Waals surface area contributed by atoms with Crippen LogP contribution in [0, 0.1) is 6.92 Å². The second-order valence-electron chi connectivity index (χ2n) is 4.85. The van der Waals surface area contributed by atoms with Crippen LogP contribution in [-0.4, -0.2) is 36.0 Å². The molecule has 0 unspecified atom stereocenters. The smallest absolute Gasteiger partial charge is 0.341 e. The topological polar surface area (TPSA) is 80.0 Å². The molecule has 0 fully saturated rings. The van der Waals surface area contributed by atoms with Crippen LogP contribution in [0.2, 0.25) is 0 Å². The summed E-state index contributed by atoms with van der Waals surface area (Å²) in [5, 5.41) is 9.72. The van der Waals surface area contributed by atoms with E-state index in [1.807, 2.05) is 0 Å². The summed E-state index contributed by atoms with van der Waals surface area (Å²) in [6.45, 7) is 1.83. The standard InChI is InChI=1S/C16H17NO5/c1-10-13(16(20)21-3)8-11(22-10)9-17(2)15(19)12-6-4-5-7-14(12)18/h4-8,18H,9H2,1-3H3. The van der Waals surface area contributed by atoms with Crippen LogP contribution in [-0.2, 0) is 11.3 Å². The van der Waals surface area contributed by atoms with Gasteiger partial charge < -0.3 is 19.2 Å². The molecule has 2 aromatic rings. The van der Waals surface area contributed by atoms with Gasteiger partial charge in [-0.3, -0.25) is 4.79 Å². The SMILES string of the molecule is COC(=O)c1cc(CN(C)C(=O)c2ccccc2O)oc1C. The van der Waals surface area contributed by atoms with Crippen molar-refractivity contribution in [2.75, 3.05) is 14.2 Å². The molecule has 0 aliphatic heterocycles. The van der Waals surface area contributed by atoms with E-state index in [4.69, 9.17) is 4.42 Å². The minimum atomic E-state index is -0.484. The molecule has 0 aliphatic carbocycles. The van der Waals surface area contributed by atoms with E-state index in [0.29, 0.717) is 17.1 Å². The first-order chi connectivity index (χ1) is 10.4. The van der Waals surface area contributed by atoms with Crippen LogP contribution in [0.3, 0.4) is 0 Å². The van der Waals surface area contributed by atoms with Crippen molar-refractivity contribution in [2.45, 2.75) is 13.5 Å². The van der Waals surface area contributed by atoms with Gasteiger partial charge in [-0.2, -0.15) is 0 Å². The zero-order valence-corrected chi connectivity index (χ0v) is 12.6. The molecule has 116 valence electrons. The summed E-state index contributed by atoms with van der Waals surface area (Å²) in [5.74, 6) is -0.00592. The molecule has 1 amide bonds. The third-order valence-corrected chi connectivity index (χ3v) is 3.25.